The quantitative estimate of drug-likeness (QED) is 0.299. The van der Waals surface area contributed by atoms with Crippen molar-refractivity contribution in [2.45, 2.75) is 44.7 Å². The van der Waals surface area contributed by atoms with Crippen LogP contribution in [0.5, 0.6) is 5.75 Å². The normalized spacial score (nSPS) is 22.6. The predicted molar refractivity (Wildman–Crippen MR) is 170 cm³/mol. The highest BCUT2D eigenvalue weighted by Gasteiger charge is 2.59. The molecule has 12 nitrogen and oxygen atoms in total. The summed E-state index contributed by atoms with van der Waals surface area (Å²) in [6.07, 6.45) is 4.35. The zero-order valence-corrected chi connectivity index (χ0v) is 26.6. The van der Waals surface area contributed by atoms with Gasteiger partial charge in [0.15, 0.2) is 5.76 Å². The zero-order valence-electron chi connectivity index (χ0n) is 26.6. The van der Waals surface area contributed by atoms with Crippen molar-refractivity contribution in [3.8, 4) is 5.75 Å². The number of carbonyl (C=O) groups excluding carboxylic acids is 4. The molecule has 3 aliphatic rings. The van der Waals surface area contributed by atoms with Crippen LogP contribution in [0.4, 0.5) is 0 Å². The molecule has 47 heavy (non-hydrogen) atoms. The Bertz CT molecular complexity index is 1790. The van der Waals surface area contributed by atoms with Gasteiger partial charge in [0.05, 0.1) is 37.6 Å². The van der Waals surface area contributed by atoms with E-state index in [4.69, 9.17) is 13.6 Å². The molecule has 0 spiro atoms. The van der Waals surface area contributed by atoms with Gasteiger partial charge in [-0.3, -0.25) is 19.2 Å². The van der Waals surface area contributed by atoms with Crippen LogP contribution < -0.4 is 10.1 Å². The number of rotatable bonds is 8. The molecule has 3 atom stereocenters. The van der Waals surface area contributed by atoms with Gasteiger partial charge in [0, 0.05) is 61.7 Å². The Kier molecular flexibility index (Phi) is 8.03. The van der Waals surface area contributed by atoms with Crippen LogP contribution in [0.25, 0.3) is 10.9 Å². The van der Waals surface area contributed by atoms with Gasteiger partial charge in [0.1, 0.15) is 11.5 Å². The molecule has 2 fully saturated rings. The van der Waals surface area contributed by atoms with Crippen molar-refractivity contribution in [3.05, 3.63) is 77.8 Å². The molecule has 2 saturated heterocycles. The van der Waals surface area contributed by atoms with Crippen LogP contribution in [0.1, 0.15) is 53.8 Å². The number of fused-ring (bicyclic) bond motifs is 5. The van der Waals surface area contributed by atoms with Crippen LogP contribution in [0.2, 0.25) is 0 Å². The van der Waals surface area contributed by atoms with E-state index in [1.54, 1.807) is 42.5 Å². The molecule has 0 radical (unpaired) electrons. The van der Waals surface area contributed by atoms with Crippen LogP contribution in [-0.4, -0.2) is 83.1 Å². The summed E-state index contributed by atoms with van der Waals surface area (Å²) < 4.78 is 16.2. The fraction of sp³-hybridized carbons (Fsp3) is 0.429. The summed E-state index contributed by atoms with van der Waals surface area (Å²) in [5, 5.41) is 3.89. The zero-order chi connectivity index (χ0) is 32.7. The number of hydrogen-bond acceptors (Lipinski definition) is 7. The Morgan fingerprint density at radius 1 is 1.02 bits per heavy atom. The molecule has 12 heteroatoms. The first-order chi connectivity index (χ1) is 22.8. The molecular weight excluding hydrogens is 602 g/mol. The van der Waals surface area contributed by atoms with Crippen molar-refractivity contribution in [3.63, 3.8) is 0 Å². The van der Waals surface area contributed by atoms with Gasteiger partial charge in [0.25, 0.3) is 5.91 Å². The number of amides is 4. The average molecular weight is 642 g/mol. The number of methoxy groups -OCH3 is 1. The van der Waals surface area contributed by atoms with Crippen LogP contribution in [-0.2, 0) is 32.9 Å². The highest BCUT2D eigenvalue weighted by atomic mass is 16.5. The van der Waals surface area contributed by atoms with Gasteiger partial charge in [-0.15, -0.1) is 0 Å². The van der Waals surface area contributed by atoms with Crippen LogP contribution in [0.3, 0.4) is 0 Å². The van der Waals surface area contributed by atoms with Gasteiger partial charge >= 0.3 is 0 Å². The lowest BCUT2D eigenvalue weighted by Gasteiger charge is -2.56. The molecule has 6 heterocycles. The first kappa shape index (κ1) is 30.6. The summed E-state index contributed by atoms with van der Waals surface area (Å²) in [7, 11) is 1.64. The second-order valence-corrected chi connectivity index (χ2v) is 12.5. The standard InChI is InChI=1S/C35H39N5O7/c1-3-35-27(33(43)38-12-14-39(15-13-38)34(44)29-7-5-17-47-29)18-22(19-30(41)36-21-24-6-4-16-46-24)32(42)40(35)11-10-25-26-20-23(45-2)8-9-28(26)37-31(25)35/h4-9,16-17,20,22,27,37H,3,10-15,18-19,21H2,1-2H3,(H,36,41)/t22?,27-,35+/m1/s1. The van der Waals surface area contributed by atoms with E-state index in [1.807, 2.05) is 34.9 Å². The van der Waals surface area contributed by atoms with Crippen molar-refractivity contribution in [2.24, 2.45) is 11.8 Å². The smallest absolute Gasteiger partial charge is 0.289 e. The Morgan fingerprint density at radius 3 is 2.49 bits per heavy atom. The summed E-state index contributed by atoms with van der Waals surface area (Å²) in [5.74, 6) is -0.281. The number of aromatic nitrogens is 1. The van der Waals surface area contributed by atoms with Crippen molar-refractivity contribution >= 4 is 34.5 Å². The largest absolute Gasteiger partial charge is 0.497 e. The van der Waals surface area contributed by atoms with Crippen LogP contribution in [0.15, 0.2) is 63.8 Å². The molecular formula is C35H39N5O7. The summed E-state index contributed by atoms with van der Waals surface area (Å²) in [6.45, 7) is 4.15. The maximum atomic E-state index is 14.7. The fourth-order valence-electron chi connectivity index (χ4n) is 7.90. The van der Waals surface area contributed by atoms with E-state index in [-0.39, 0.29) is 48.8 Å². The lowest BCUT2D eigenvalue weighted by molar-refractivity contribution is -0.167. The van der Waals surface area contributed by atoms with Crippen molar-refractivity contribution in [1.82, 2.24) is 25.0 Å². The number of piperazine rings is 1. The lowest BCUT2D eigenvalue weighted by atomic mass is 9.65. The topological polar surface area (TPSA) is 141 Å². The fourth-order valence-corrected chi connectivity index (χ4v) is 7.90. The summed E-state index contributed by atoms with van der Waals surface area (Å²) in [5.41, 5.74) is 1.98. The maximum Gasteiger partial charge on any atom is 0.289 e. The van der Waals surface area contributed by atoms with E-state index in [2.05, 4.69) is 10.3 Å². The van der Waals surface area contributed by atoms with Crippen molar-refractivity contribution in [2.75, 3.05) is 39.8 Å². The summed E-state index contributed by atoms with van der Waals surface area (Å²) in [6, 6.07) is 12.7. The lowest BCUT2D eigenvalue weighted by Crippen LogP contribution is -2.66. The number of carbonyl (C=O) groups is 4. The highest BCUT2D eigenvalue weighted by Crippen LogP contribution is 2.52. The monoisotopic (exact) mass is 641 g/mol. The number of furan rings is 2. The molecule has 3 aromatic heterocycles. The summed E-state index contributed by atoms with van der Waals surface area (Å²) in [4.78, 5) is 64.1. The average Bonchev–Trinajstić information content (AvgIpc) is 3.89. The molecule has 2 N–H and O–H groups in total. The number of aromatic amines is 1. The minimum Gasteiger partial charge on any atom is -0.497 e. The van der Waals surface area contributed by atoms with E-state index < -0.39 is 17.4 Å². The first-order valence-corrected chi connectivity index (χ1v) is 16.2. The summed E-state index contributed by atoms with van der Waals surface area (Å²) >= 11 is 0. The first-order valence-electron chi connectivity index (χ1n) is 16.2. The van der Waals surface area contributed by atoms with Crippen LogP contribution >= 0.6 is 0 Å². The third-order valence-corrected chi connectivity index (χ3v) is 10.2. The Morgan fingerprint density at radius 2 is 1.79 bits per heavy atom. The maximum absolute atomic E-state index is 14.7. The SMILES string of the molecule is CC[C@]12c3[nH]c4ccc(OC)cc4c3CCN1C(=O)C(CC(=O)NCc1ccco1)C[C@@H]2C(=O)N1CCN(C(=O)c2ccco2)CC1. The molecule has 7 rings (SSSR count). The number of ether oxygens (including phenoxy) is 1. The van der Waals surface area contributed by atoms with Gasteiger partial charge in [-0.1, -0.05) is 6.92 Å². The van der Waals surface area contributed by atoms with Gasteiger partial charge in [-0.25, -0.2) is 0 Å². The van der Waals surface area contributed by atoms with Crippen LogP contribution in [0, 0.1) is 11.8 Å². The van der Waals surface area contributed by atoms with Crippen molar-refractivity contribution < 1.29 is 32.7 Å². The number of nitrogens with one attached hydrogen (secondary N) is 2. The van der Waals surface area contributed by atoms with Crippen molar-refractivity contribution in [1.29, 1.82) is 0 Å². The molecule has 1 aromatic carbocycles. The molecule has 1 unspecified atom stereocenters. The van der Waals surface area contributed by atoms with E-state index in [0.717, 1.165) is 27.9 Å². The molecule has 0 saturated carbocycles. The molecule has 246 valence electrons. The third kappa shape index (κ3) is 5.25. The van der Waals surface area contributed by atoms with E-state index in [9.17, 15) is 19.2 Å². The minimum atomic E-state index is -0.920. The second-order valence-electron chi connectivity index (χ2n) is 12.5. The number of H-pyrrole nitrogens is 1. The third-order valence-electron chi connectivity index (χ3n) is 10.2. The van der Waals surface area contributed by atoms with Gasteiger partial charge in [-0.05, 0) is 67.3 Å². The second kappa shape index (κ2) is 12.3. The minimum absolute atomic E-state index is 0.0260. The molecule has 3 aliphatic heterocycles. The molecule has 4 aromatic rings. The van der Waals surface area contributed by atoms with E-state index in [1.165, 1.54) is 6.26 Å². The number of benzene rings is 1. The van der Waals surface area contributed by atoms with Gasteiger partial charge in [-0.2, -0.15) is 0 Å². The Labute approximate surface area is 272 Å². The molecule has 0 bridgehead atoms. The van der Waals surface area contributed by atoms with E-state index >= 15 is 0 Å². The number of piperidine rings is 1. The predicted octanol–water partition coefficient (Wildman–Crippen LogP) is 3.68. The number of nitrogens with zero attached hydrogens (tertiary/aromatic N) is 3. The highest BCUT2D eigenvalue weighted by molar-refractivity contribution is 5.94. The number of hydrogen-bond donors (Lipinski definition) is 2. The Balaban J connectivity index is 1.20. The molecule has 4 amide bonds. The Hall–Kier alpha value is -5.00. The molecule has 0 aliphatic carbocycles. The van der Waals surface area contributed by atoms with E-state index in [0.29, 0.717) is 51.3 Å². The van der Waals surface area contributed by atoms with Gasteiger partial charge in [0.2, 0.25) is 17.7 Å². The van der Waals surface area contributed by atoms with Gasteiger partial charge < -0.3 is 38.6 Å².